The second-order valence-electron chi connectivity index (χ2n) is 7.97. The van der Waals surface area contributed by atoms with Gasteiger partial charge in [0.2, 0.25) is 0 Å². The number of phenolic OH excluding ortho intramolecular Hbond substituents is 1. The van der Waals surface area contributed by atoms with Crippen molar-refractivity contribution in [2.24, 2.45) is 0 Å². The standard InChI is InChI=1S/C22H28N2O2/c1-17-2-4-18(5-3-17)15-22(26)9-12-23(13-10-22)16-24-11-8-19-14-20(25)6-7-21(19)24/h2-7,14,25-26H,8-13,15-16H2,1H3. The number of hydrogen-bond donors (Lipinski definition) is 2. The highest BCUT2D eigenvalue weighted by molar-refractivity contribution is 5.59. The Labute approximate surface area is 155 Å². The number of aryl methyl sites for hydroxylation is 1. The summed E-state index contributed by atoms with van der Waals surface area (Å²) >= 11 is 0. The SMILES string of the molecule is Cc1ccc(CC2(O)CCN(CN3CCc4cc(O)ccc43)CC2)cc1. The van der Waals surface area contributed by atoms with E-state index in [2.05, 4.69) is 41.0 Å². The fourth-order valence-corrected chi connectivity index (χ4v) is 4.22. The molecule has 138 valence electrons. The van der Waals surface area contributed by atoms with Crippen molar-refractivity contribution < 1.29 is 10.2 Å². The Morgan fingerprint density at radius 2 is 1.73 bits per heavy atom. The second kappa shape index (κ2) is 6.93. The van der Waals surface area contributed by atoms with E-state index in [1.807, 2.05) is 12.1 Å². The van der Waals surface area contributed by atoms with Gasteiger partial charge in [-0.15, -0.1) is 0 Å². The summed E-state index contributed by atoms with van der Waals surface area (Å²) in [6.07, 6.45) is 3.37. The third-order valence-corrected chi connectivity index (χ3v) is 5.87. The highest BCUT2D eigenvalue weighted by Crippen LogP contribution is 2.32. The maximum Gasteiger partial charge on any atom is 0.116 e. The molecule has 2 aromatic rings. The van der Waals surface area contributed by atoms with E-state index in [0.29, 0.717) is 5.75 Å². The van der Waals surface area contributed by atoms with E-state index in [-0.39, 0.29) is 0 Å². The summed E-state index contributed by atoms with van der Waals surface area (Å²) in [6.45, 7) is 5.84. The van der Waals surface area contributed by atoms with Crippen molar-refractivity contribution >= 4 is 5.69 Å². The van der Waals surface area contributed by atoms with E-state index in [1.165, 1.54) is 22.4 Å². The maximum absolute atomic E-state index is 11.0. The van der Waals surface area contributed by atoms with Gasteiger partial charge in [0.25, 0.3) is 0 Å². The minimum Gasteiger partial charge on any atom is -0.508 e. The van der Waals surface area contributed by atoms with Crippen LogP contribution < -0.4 is 4.90 Å². The van der Waals surface area contributed by atoms with E-state index < -0.39 is 5.60 Å². The summed E-state index contributed by atoms with van der Waals surface area (Å²) in [5.41, 5.74) is 4.37. The molecule has 0 amide bonds. The quantitative estimate of drug-likeness (QED) is 0.888. The van der Waals surface area contributed by atoms with E-state index in [0.717, 1.165) is 52.0 Å². The van der Waals surface area contributed by atoms with E-state index in [1.54, 1.807) is 6.07 Å². The van der Waals surface area contributed by atoms with E-state index >= 15 is 0 Å². The van der Waals surface area contributed by atoms with Crippen LogP contribution in [0.1, 0.15) is 29.5 Å². The third-order valence-electron chi connectivity index (χ3n) is 5.87. The highest BCUT2D eigenvalue weighted by Gasteiger charge is 2.33. The molecule has 0 aromatic heterocycles. The lowest BCUT2D eigenvalue weighted by atomic mass is 9.85. The minimum absolute atomic E-state index is 0.352. The van der Waals surface area contributed by atoms with Gasteiger partial charge in [-0.25, -0.2) is 0 Å². The summed E-state index contributed by atoms with van der Waals surface area (Å²) in [4.78, 5) is 4.82. The predicted molar refractivity (Wildman–Crippen MR) is 105 cm³/mol. The van der Waals surface area contributed by atoms with Gasteiger partial charge >= 0.3 is 0 Å². The van der Waals surface area contributed by atoms with E-state index in [9.17, 15) is 10.2 Å². The number of rotatable bonds is 4. The zero-order valence-corrected chi connectivity index (χ0v) is 15.5. The summed E-state index contributed by atoms with van der Waals surface area (Å²) in [5, 5.41) is 20.6. The van der Waals surface area contributed by atoms with Crippen LogP contribution >= 0.6 is 0 Å². The first-order valence-electron chi connectivity index (χ1n) is 9.58. The van der Waals surface area contributed by atoms with Crippen LogP contribution in [-0.2, 0) is 12.8 Å². The number of aliphatic hydroxyl groups is 1. The molecule has 0 unspecified atom stereocenters. The molecule has 2 N–H and O–H groups in total. The van der Waals surface area contributed by atoms with Crippen LogP contribution in [-0.4, -0.2) is 47.0 Å². The molecular formula is C22H28N2O2. The number of phenols is 1. The lowest BCUT2D eigenvalue weighted by molar-refractivity contribution is -0.0204. The number of piperidine rings is 1. The molecule has 2 heterocycles. The average Bonchev–Trinajstić information content (AvgIpc) is 3.01. The van der Waals surface area contributed by atoms with Gasteiger partial charge in [-0.05, 0) is 55.5 Å². The molecule has 0 radical (unpaired) electrons. The van der Waals surface area contributed by atoms with Gasteiger partial charge in [0.15, 0.2) is 0 Å². The molecule has 4 nitrogen and oxygen atoms in total. The van der Waals surface area contributed by atoms with Crippen molar-refractivity contribution in [3.63, 3.8) is 0 Å². The Kier molecular flexibility index (Phi) is 4.63. The number of nitrogens with zero attached hydrogens (tertiary/aromatic N) is 2. The van der Waals surface area contributed by atoms with Crippen LogP contribution in [0.2, 0.25) is 0 Å². The molecule has 0 aliphatic carbocycles. The molecule has 0 bridgehead atoms. The first-order valence-corrected chi connectivity index (χ1v) is 9.58. The first-order chi connectivity index (χ1) is 12.5. The van der Waals surface area contributed by atoms with Crippen molar-refractivity contribution in [2.75, 3.05) is 31.2 Å². The molecule has 2 aliphatic rings. The van der Waals surface area contributed by atoms with Crippen molar-refractivity contribution in [1.82, 2.24) is 4.90 Å². The molecule has 4 heteroatoms. The number of likely N-dealkylation sites (tertiary alicyclic amines) is 1. The summed E-state index contributed by atoms with van der Waals surface area (Å²) in [6, 6.07) is 14.2. The lowest BCUT2D eigenvalue weighted by Crippen LogP contribution is -2.48. The number of benzene rings is 2. The van der Waals surface area contributed by atoms with Crippen molar-refractivity contribution in [1.29, 1.82) is 0 Å². The molecule has 0 atom stereocenters. The number of aromatic hydroxyl groups is 1. The fourth-order valence-electron chi connectivity index (χ4n) is 4.22. The van der Waals surface area contributed by atoms with Crippen molar-refractivity contribution in [3.8, 4) is 5.75 Å². The van der Waals surface area contributed by atoms with Crippen LogP contribution in [0.15, 0.2) is 42.5 Å². The Hall–Kier alpha value is -2.04. The Morgan fingerprint density at radius 3 is 2.46 bits per heavy atom. The molecule has 2 aromatic carbocycles. The van der Waals surface area contributed by atoms with Crippen molar-refractivity contribution in [3.05, 3.63) is 59.2 Å². The summed E-state index contributed by atoms with van der Waals surface area (Å²) in [7, 11) is 0. The Bertz CT molecular complexity index is 764. The average molecular weight is 352 g/mol. The van der Waals surface area contributed by atoms with E-state index in [4.69, 9.17) is 0 Å². The number of hydrogen-bond acceptors (Lipinski definition) is 4. The molecule has 0 saturated carbocycles. The second-order valence-corrected chi connectivity index (χ2v) is 7.97. The lowest BCUT2D eigenvalue weighted by Gasteiger charge is -2.40. The summed E-state index contributed by atoms with van der Waals surface area (Å²) < 4.78 is 0. The van der Waals surface area contributed by atoms with Crippen LogP contribution in [0.25, 0.3) is 0 Å². The molecular weight excluding hydrogens is 324 g/mol. The van der Waals surface area contributed by atoms with Gasteiger partial charge in [0, 0.05) is 31.7 Å². The Morgan fingerprint density at radius 1 is 1.00 bits per heavy atom. The van der Waals surface area contributed by atoms with Crippen LogP contribution in [0.5, 0.6) is 5.75 Å². The normalized spacial score (nSPS) is 19.5. The van der Waals surface area contributed by atoms with Crippen LogP contribution in [0.4, 0.5) is 5.69 Å². The van der Waals surface area contributed by atoms with Gasteiger partial charge in [-0.1, -0.05) is 29.8 Å². The van der Waals surface area contributed by atoms with Crippen LogP contribution in [0.3, 0.4) is 0 Å². The first kappa shape index (κ1) is 17.4. The predicted octanol–water partition coefficient (Wildman–Crippen LogP) is 3.09. The summed E-state index contributed by atoms with van der Waals surface area (Å²) in [5.74, 6) is 0.352. The van der Waals surface area contributed by atoms with Crippen molar-refractivity contribution in [2.45, 2.75) is 38.2 Å². The van der Waals surface area contributed by atoms with Gasteiger partial charge in [0.05, 0.1) is 12.3 Å². The largest absolute Gasteiger partial charge is 0.508 e. The smallest absolute Gasteiger partial charge is 0.116 e. The molecule has 4 rings (SSSR count). The monoisotopic (exact) mass is 352 g/mol. The van der Waals surface area contributed by atoms with Gasteiger partial charge in [-0.2, -0.15) is 0 Å². The highest BCUT2D eigenvalue weighted by atomic mass is 16.3. The topological polar surface area (TPSA) is 46.9 Å². The molecule has 0 spiro atoms. The molecule has 1 fully saturated rings. The number of fused-ring (bicyclic) bond motifs is 1. The van der Waals surface area contributed by atoms with Gasteiger partial charge < -0.3 is 15.1 Å². The fraction of sp³-hybridized carbons (Fsp3) is 0.455. The molecule has 2 aliphatic heterocycles. The Balaban J connectivity index is 1.33. The molecule has 26 heavy (non-hydrogen) atoms. The maximum atomic E-state index is 11.0. The number of anilines is 1. The van der Waals surface area contributed by atoms with Gasteiger partial charge in [-0.3, -0.25) is 4.90 Å². The zero-order valence-electron chi connectivity index (χ0n) is 15.5. The van der Waals surface area contributed by atoms with Gasteiger partial charge in [0.1, 0.15) is 5.75 Å². The zero-order chi connectivity index (χ0) is 18.1. The third kappa shape index (κ3) is 3.71. The molecule has 1 saturated heterocycles. The minimum atomic E-state index is -0.583. The van der Waals surface area contributed by atoms with Crippen LogP contribution in [0, 0.1) is 6.92 Å².